The minimum absolute atomic E-state index is 0.0268. The third-order valence-electron chi connectivity index (χ3n) is 6.13. The van der Waals surface area contributed by atoms with Gasteiger partial charge in [0.25, 0.3) is 0 Å². The van der Waals surface area contributed by atoms with E-state index in [-0.39, 0.29) is 29.8 Å². The number of hydrogen-bond acceptors (Lipinski definition) is 5. The van der Waals surface area contributed by atoms with E-state index < -0.39 is 0 Å². The van der Waals surface area contributed by atoms with Crippen LogP contribution in [0.4, 0.5) is 0 Å². The largest absolute Gasteiger partial charge is 0.375 e. The van der Waals surface area contributed by atoms with E-state index in [9.17, 15) is 9.59 Å². The lowest BCUT2D eigenvalue weighted by atomic mass is 9.71. The highest BCUT2D eigenvalue weighted by molar-refractivity contribution is 5.81. The molecule has 8 heteroatoms. The standard InChI is InChI=1S/C21H27N5O3/c1-15-5-4-6-16(7-15)8-18(27)26-12-21(13-26)11-25(19(28)10-29-3)9-17(21)20-23-22-14-24(20)2/h4-7,14,17H,8-13H2,1-3H3. The highest BCUT2D eigenvalue weighted by Gasteiger charge is 2.57. The molecule has 2 amide bonds. The third kappa shape index (κ3) is 3.64. The molecule has 1 unspecified atom stereocenters. The first-order valence-electron chi connectivity index (χ1n) is 9.86. The Morgan fingerprint density at radius 3 is 2.62 bits per heavy atom. The van der Waals surface area contributed by atoms with Crippen LogP contribution in [0.5, 0.6) is 0 Å². The maximum atomic E-state index is 12.8. The molecule has 29 heavy (non-hydrogen) atoms. The number of rotatable bonds is 5. The maximum absolute atomic E-state index is 12.8. The van der Waals surface area contributed by atoms with E-state index in [0.29, 0.717) is 32.6 Å². The average Bonchev–Trinajstić information content (AvgIpc) is 3.24. The lowest BCUT2D eigenvalue weighted by Gasteiger charge is -2.50. The minimum Gasteiger partial charge on any atom is -0.375 e. The fourth-order valence-electron chi connectivity index (χ4n) is 4.66. The summed E-state index contributed by atoms with van der Waals surface area (Å²) in [5.74, 6) is 1.02. The number of methoxy groups -OCH3 is 1. The van der Waals surface area contributed by atoms with E-state index in [1.165, 1.54) is 7.11 Å². The van der Waals surface area contributed by atoms with Crippen LogP contribution in [0, 0.1) is 12.3 Å². The number of nitrogens with zero attached hydrogens (tertiary/aromatic N) is 5. The van der Waals surface area contributed by atoms with Crippen molar-refractivity contribution in [2.45, 2.75) is 19.3 Å². The number of amides is 2. The number of benzene rings is 1. The molecule has 2 aliphatic heterocycles. The van der Waals surface area contributed by atoms with Gasteiger partial charge in [-0.25, -0.2) is 0 Å². The molecule has 2 aromatic rings. The molecule has 3 heterocycles. The van der Waals surface area contributed by atoms with Crippen LogP contribution < -0.4 is 0 Å². The summed E-state index contributed by atoms with van der Waals surface area (Å²) >= 11 is 0. The van der Waals surface area contributed by atoms with Gasteiger partial charge in [-0.2, -0.15) is 0 Å². The molecule has 0 radical (unpaired) electrons. The van der Waals surface area contributed by atoms with E-state index in [1.54, 1.807) is 6.33 Å². The Balaban J connectivity index is 1.49. The first kappa shape index (κ1) is 19.6. The smallest absolute Gasteiger partial charge is 0.248 e. The molecule has 0 aliphatic carbocycles. The second-order valence-electron chi connectivity index (χ2n) is 8.34. The van der Waals surface area contributed by atoms with E-state index >= 15 is 0 Å². The number of carbonyl (C=O) groups excluding carboxylic acids is 2. The molecule has 1 atom stereocenters. The Labute approximate surface area is 170 Å². The normalized spacial score (nSPS) is 20.2. The molecule has 2 fully saturated rings. The van der Waals surface area contributed by atoms with Crippen LogP contribution >= 0.6 is 0 Å². The number of ether oxygens (including phenoxy) is 1. The van der Waals surface area contributed by atoms with Gasteiger partial charge < -0.3 is 19.1 Å². The first-order valence-corrected chi connectivity index (χ1v) is 9.86. The van der Waals surface area contributed by atoms with Crippen molar-refractivity contribution in [3.05, 3.63) is 47.5 Å². The molecule has 1 aromatic heterocycles. The Morgan fingerprint density at radius 1 is 1.21 bits per heavy atom. The predicted molar refractivity (Wildman–Crippen MR) is 106 cm³/mol. The summed E-state index contributed by atoms with van der Waals surface area (Å²) in [6, 6.07) is 8.05. The number of likely N-dealkylation sites (tertiary alicyclic amines) is 2. The van der Waals surface area contributed by atoms with Crippen molar-refractivity contribution in [3.63, 3.8) is 0 Å². The topological polar surface area (TPSA) is 80.6 Å². The van der Waals surface area contributed by atoms with Crippen LogP contribution in [-0.2, 0) is 27.8 Å². The predicted octanol–water partition coefficient (Wildman–Crippen LogP) is 0.767. The van der Waals surface area contributed by atoms with Gasteiger partial charge >= 0.3 is 0 Å². The van der Waals surface area contributed by atoms with Crippen molar-refractivity contribution in [2.75, 3.05) is 39.9 Å². The van der Waals surface area contributed by atoms with Crippen molar-refractivity contribution >= 4 is 11.8 Å². The summed E-state index contributed by atoms with van der Waals surface area (Å²) in [5.41, 5.74) is 2.01. The Kier molecular flexibility index (Phi) is 5.12. The molecule has 2 saturated heterocycles. The van der Waals surface area contributed by atoms with E-state index in [4.69, 9.17) is 4.74 Å². The molecular weight excluding hydrogens is 370 g/mol. The summed E-state index contributed by atoms with van der Waals surface area (Å²) in [6.45, 7) is 4.55. The molecule has 8 nitrogen and oxygen atoms in total. The van der Waals surface area contributed by atoms with Crippen LogP contribution in [0.3, 0.4) is 0 Å². The van der Waals surface area contributed by atoms with Crippen molar-refractivity contribution in [1.29, 1.82) is 0 Å². The van der Waals surface area contributed by atoms with Crippen LogP contribution in [-0.4, -0.2) is 76.3 Å². The zero-order chi connectivity index (χ0) is 20.6. The molecule has 1 spiro atoms. The minimum atomic E-state index is -0.174. The monoisotopic (exact) mass is 397 g/mol. The Hall–Kier alpha value is -2.74. The zero-order valence-electron chi connectivity index (χ0n) is 17.2. The summed E-state index contributed by atoms with van der Waals surface area (Å²) < 4.78 is 6.94. The fraction of sp³-hybridized carbons (Fsp3) is 0.524. The van der Waals surface area contributed by atoms with Crippen molar-refractivity contribution in [3.8, 4) is 0 Å². The summed E-state index contributed by atoms with van der Waals surface area (Å²) in [6.07, 6.45) is 2.08. The molecule has 0 saturated carbocycles. The SMILES string of the molecule is COCC(=O)N1CC(c2nncn2C)C2(C1)CN(C(=O)Cc1cccc(C)c1)C2. The molecule has 0 bridgehead atoms. The van der Waals surface area contributed by atoms with Gasteiger partial charge in [-0.15, -0.1) is 10.2 Å². The van der Waals surface area contributed by atoms with Gasteiger partial charge in [0.05, 0.1) is 6.42 Å². The Morgan fingerprint density at radius 2 is 1.97 bits per heavy atom. The van der Waals surface area contributed by atoms with Gasteiger partial charge in [-0.3, -0.25) is 9.59 Å². The van der Waals surface area contributed by atoms with E-state index in [2.05, 4.69) is 16.3 Å². The van der Waals surface area contributed by atoms with Gasteiger partial charge in [0, 0.05) is 51.7 Å². The van der Waals surface area contributed by atoms with Crippen LogP contribution in [0.2, 0.25) is 0 Å². The number of aromatic nitrogens is 3. The first-order chi connectivity index (χ1) is 13.9. The summed E-state index contributed by atoms with van der Waals surface area (Å²) in [7, 11) is 3.45. The number of aryl methyl sites for hydroxylation is 2. The van der Waals surface area contributed by atoms with Gasteiger partial charge in [0.2, 0.25) is 11.8 Å². The van der Waals surface area contributed by atoms with Crippen LogP contribution in [0.15, 0.2) is 30.6 Å². The van der Waals surface area contributed by atoms with Crippen molar-refractivity contribution < 1.29 is 14.3 Å². The molecule has 2 aliphatic rings. The van der Waals surface area contributed by atoms with Crippen LogP contribution in [0.1, 0.15) is 22.9 Å². The summed E-state index contributed by atoms with van der Waals surface area (Å²) in [4.78, 5) is 29.0. The van der Waals surface area contributed by atoms with Gasteiger partial charge in [0.15, 0.2) is 0 Å². The van der Waals surface area contributed by atoms with Gasteiger partial charge in [-0.1, -0.05) is 29.8 Å². The highest BCUT2D eigenvalue weighted by Crippen LogP contribution is 2.48. The molecular formula is C21H27N5O3. The summed E-state index contributed by atoms with van der Waals surface area (Å²) in [5, 5.41) is 8.32. The van der Waals surface area contributed by atoms with Crippen molar-refractivity contribution in [2.24, 2.45) is 12.5 Å². The number of carbonyl (C=O) groups is 2. The lowest BCUT2D eigenvalue weighted by molar-refractivity contribution is -0.143. The van der Waals surface area contributed by atoms with E-state index in [1.807, 2.05) is 46.5 Å². The maximum Gasteiger partial charge on any atom is 0.248 e. The molecule has 1 aromatic carbocycles. The third-order valence-corrected chi connectivity index (χ3v) is 6.13. The average molecular weight is 397 g/mol. The fourth-order valence-corrected chi connectivity index (χ4v) is 4.66. The van der Waals surface area contributed by atoms with Crippen molar-refractivity contribution in [1.82, 2.24) is 24.6 Å². The number of hydrogen-bond donors (Lipinski definition) is 0. The van der Waals surface area contributed by atoms with Crippen LogP contribution in [0.25, 0.3) is 0 Å². The lowest BCUT2D eigenvalue weighted by Crippen LogP contribution is -2.62. The second kappa shape index (κ2) is 7.59. The van der Waals surface area contributed by atoms with Gasteiger partial charge in [0.1, 0.15) is 18.8 Å². The second-order valence-corrected chi connectivity index (χ2v) is 8.34. The molecule has 4 rings (SSSR count). The van der Waals surface area contributed by atoms with Gasteiger partial charge in [-0.05, 0) is 12.5 Å². The van der Waals surface area contributed by atoms with E-state index in [0.717, 1.165) is 17.0 Å². The molecule has 0 N–H and O–H groups in total. The molecule has 154 valence electrons. The Bertz CT molecular complexity index is 919. The highest BCUT2D eigenvalue weighted by atomic mass is 16.5. The quantitative estimate of drug-likeness (QED) is 0.744. The zero-order valence-corrected chi connectivity index (χ0v) is 17.2.